The fraction of sp³-hybridized carbons (Fsp3) is 0.600. The van der Waals surface area contributed by atoms with Crippen molar-refractivity contribution in [3.63, 3.8) is 0 Å². The Morgan fingerprint density at radius 3 is 2.48 bits per heavy atom. The second-order valence-electron chi connectivity index (χ2n) is 5.61. The van der Waals surface area contributed by atoms with E-state index in [1.54, 1.807) is 12.4 Å². The van der Waals surface area contributed by atoms with Gasteiger partial charge < -0.3 is 20.4 Å². The largest absolute Gasteiger partial charge is 0.384 e. The third-order valence-corrected chi connectivity index (χ3v) is 2.96. The summed E-state index contributed by atoms with van der Waals surface area (Å²) in [6, 6.07) is 1.84. The number of carbonyl (C=O) groups excluding carboxylic acids is 1. The number of nitrogens with zero attached hydrogens (tertiary/aromatic N) is 3. The number of anilines is 1. The van der Waals surface area contributed by atoms with Crippen molar-refractivity contribution < 1.29 is 4.79 Å². The number of rotatable bonds is 9. The predicted molar refractivity (Wildman–Crippen MR) is 86.8 cm³/mol. The van der Waals surface area contributed by atoms with E-state index in [-0.39, 0.29) is 5.91 Å². The highest BCUT2D eigenvalue weighted by atomic mass is 16.1. The Labute approximate surface area is 127 Å². The molecule has 1 aromatic heterocycles. The summed E-state index contributed by atoms with van der Waals surface area (Å²) < 4.78 is 0. The van der Waals surface area contributed by atoms with Gasteiger partial charge in [-0.25, -0.2) is 0 Å². The first-order valence-corrected chi connectivity index (χ1v) is 7.25. The zero-order valence-electron chi connectivity index (χ0n) is 13.5. The summed E-state index contributed by atoms with van der Waals surface area (Å²) in [4.78, 5) is 20.3. The van der Waals surface area contributed by atoms with Gasteiger partial charge in [0.2, 0.25) is 0 Å². The summed E-state index contributed by atoms with van der Waals surface area (Å²) >= 11 is 0. The van der Waals surface area contributed by atoms with Crippen LogP contribution in [0, 0.1) is 0 Å². The maximum absolute atomic E-state index is 12.0. The van der Waals surface area contributed by atoms with Gasteiger partial charge in [0.25, 0.3) is 5.91 Å². The molecule has 0 fully saturated rings. The van der Waals surface area contributed by atoms with Gasteiger partial charge in [-0.15, -0.1) is 0 Å². The van der Waals surface area contributed by atoms with Gasteiger partial charge in [0.1, 0.15) is 0 Å². The van der Waals surface area contributed by atoms with Crippen molar-refractivity contribution >= 4 is 11.6 Å². The van der Waals surface area contributed by atoms with E-state index in [4.69, 9.17) is 0 Å². The van der Waals surface area contributed by atoms with Crippen molar-refractivity contribution in [1.82, 2.24) is 20.1 Å². The molecule has 118 valence electrons. The van der Waals surface area contributed by atoms with Crippen LogP contribution < -0.4 is 10.6 Å². The van der Waals surface area contributed by atoms with Crippen LogP contribution in [0.3, 0.4) is 0 Å². The van der Waals surface area contributed by atoms with Gasteiger partial charge in [-0.2, -0.15) is 0 Å². The molecule has 1 aromatic rings. The van der Waals surface area contributed by atoms with E-state index in [0.29, 0.717) is 12.1 Å². The quantitative estimate of drug-likeness (QED) is 0.658. The average Bonchev–Trinajstić information content (AvgIpc) is 2.43. The summed E-state index contributed by atoms with van der Waals surface area (Å²) in [6.07, 6.45) is 4.38. The summed E-state index contributed by atoms with van der Waals surface area (Å²) in [7, 11) is 8.07. The average molecular weight is 293 g/mol. The number of pyridine rings is 1. The topological polar surface area (TPSA) is 60.5 Å². The number of aromatic nitrogens is 1. The number of hydrogen-bond acceptors (Lipinski definition) is 5. The van der Waals surface area contributed by atoms with Gasteiger partial charge >= 0.3 is 0 Å². The zero-order chi connectivity index (χ0) is 15.7. The molecule has 0 saturated heterocycles. The fourth-order valence-electron chi connectivity index (χ4n) is 1.78. The molecule has 21 heavy (non-hydrogen) atoms. The van der Waals surface area contributed by atoms with Crippen molar-refractivity contribution in [2.45, 2.75) is 6.42 Å². The van der Waals surface area contributed by atoms with Gasteiger partial charge in [-0.3, -0.25) is 9.78 Å². The molecule has 0 aliphatic carbocycles. The van der Waals surface area contributed by atoms with Gasteiger partial charge in [0.15, 0.2) is 0 Å². The molecular weight excluding hydrogens is 266 g/mol. The van der Waals surface area contributed by atoms with E-state index in [2.05, 4.69) is 34.6 Å². The van der Waals surface area contributed by atoms with E-state index in [1.807, 2.05) is 25.1 Å². The van der Waals surface area contributed by atoms with Gasteiger partial charge in [0, 0.05) is 32.0 Å². The van der Waals surface area contributed by atoms with E-state index >= 15 is 0 Å². The molecule has 1 heterocycles. The first-order chi connectivity index (χ1) is 9.99. The number of amides is 1. The van der Waals surface area contributed by atoms with Crippen LogP contribution in [-0.2, 0) is 0 Å². The molecule has 0 bridgehead atoms. The molecule has 0 aliphatic heterocycles. The minimum Gasteiger partial charge on any atom is -0.384 e. The third kappa shape index (κ3) is 7.63. The zero-order valence-corrected chi connectivity index (χ0v) is 13.5. The molecule has 0 atom stereocenters. The SMILES string of the molecule is CN(C)CCCNc1cncc(C(=O)NCCN(C)C)c1. The van der Waals surface area contributed by atoms with Crippen LogP contribution in [0.25, 0.3) is 0 Å². The predicted octanol–water partition coefficient (Wildman–Crippen LogP) is 0.737. The standard InChI is InChI=1S/C15H27N5O/c1-19(2)8-5-6-17-14-10-13(11-16-12-14)15(21)18-7-9-20(3)4/h10-12,17H,5-9H2,1-4H3,(H,18,21). The Morgan fingerprint density at radius 1 is 1.10 bits per heavy atom. The number of carbonyl (C=O) groups is 1. The highest BCUT2D eigenvalue weighted by molar-refractivity contribution is 5.94. The number of likely N-dealkylation sites (N-methyl/N-ethyl adjacent to an activating group) is 1. The molecular formula is C15H27N5O. The van der Waals surface area contributed by atoms with Crippen LogP contribution >= 0.6 is 0 Å². The lowest BCUT2D eigenvalue weighted by molar-refractivity contribution is 0.0950. The van der Waals surface area contributed by atoms with Crippen molar-refractivity contribution in [3.05, 3.63) is 24.0 Å². The molecule has 0 aromatic carbocycles. The van der Waals surface area contributed by atoms with Crippen LogP contribution in [-0.4, -0.2) is 75.1 Å². The van der Waals surface area contributed by atoms with Crippen molar-refractivity contribution in [3.8, 4) is 0 Å². The summed E-state index contributed by atoms with van der Waals surface area (Å²) in [6.45, 7) is 3.35. The number of hydrogen-bond donors (Lipinski definition) is 2. The Hall–Kier alpha value is -1.66. The van der Waals surface area contributed by atoms with Crippen molar-refractivity contribution in [2.24, 2.45) is 0 Å². The molecule has 0 radical (unpaired) electrons. The van der Waals surface area contributed by atoms with Gasteiger partial charge in [-0.05, 0) is 47.2 Å². The van der Waals surface area contributed by atoms with Crippen LogP contribution in [0.5, 0.6) is 0 Å². The lowest BCUT2D eigenvalue weighted by atomic mass is 10.2. The van der Waals surface area contributed by atoms with E-state index in [1.165, 1.54) is 0 Å². The lowest BCUT2D eigenvalue weighted by Gasteiger charge is -2.12. The molecule has 2 N–H and O–H groups in total. The summed E-state index contributed by atoms with van der Waals surface area (Å²) in [5.74, 6) is -0.0821. The maximum atomic E-state index is 12.0. The lowest BCUT2D eigenvalue weighted by Crippen LogP contribution is -2.31. The fourth-order valence-corrected chi connectivity index (χ4v) is 1.78. The van der Waals surface area contributed by atoms with Crippen LogP contribution in [0.15, 0.2) is 18.5 Å². The maximum Gasteiger partial charge on any atom is 0.252 e. The van der Waals surface area contributed by atoms with E-state index in [0.717, 1.165) is 31.7 Å². The highest BCUT2D eigenvalue weighted by Gasteiger charge is 2.06. The summed E-state index contributed by atoms with van der Waals surface area (Å²) in [5.41, 5.74) is 1.47. The minimum absolute atomic E-state index is 0.0821. The van der Waals surface area contributed by atoms with Crippen molar-refractivity contribution in [2.75, 3.05) is 59.7 Å². The van der Waals surface area contributed by atoms with Crippen LogP contribution in [0.4, 0.5) is 5.69 Å². The van der Waals surface area contributed by atoms with Crippen molar-refractivity contribution in [1.29, 1.82) is 0 Å². The van der Waals surface area contributed by atoms with Crippen LogP contribution in [0.2, 0.25) is 0 Å². The smallest absolute Gasteiger partial charge is 0.252 e. The molecule has 1 amide bonds. The van der Waals surface area contributed by atoms with E-state index in [9.17, 15) is 4.79 Å². The Bertz CT molecular complexity index is 434. The Balaban J connectivity index is 2.42. The molecule has 0 saturated carbocycles. The summed E-state index contributed by atoms with van der Waals surface area (Å²) in [5, 5.41) is 6.18. The number of nitrogens with one attached hydrogen (secondary N) is 2. The van der Waals surface area contributed by atoms with Gasteiger partial charge in [0.05, 0.1) is 11.3 Å². The third-order valence-electron chi connectivity index (χ3n) is 2.96. The Kier molecular flexibility index (Phi) is 7.71. The van der Waals surface area contributed by atoms with Gasteiger partial charge in [-0.1, -0.05) is 0 Å². The molecule has 0 spiro atoms. The molecule has 0 unspecified atom stereocenters. The molecule has 6 heteroatoms. The monoisotopic (exact) mass is 293 g/mol. The molecule has 6 nitrogen and oxygen atoms in total. The first kappa shape index (κ1) is 17.4. The molecule has 1 rings (SSSR count). The molecule has 0 aliphatic rings. The first-order valence-electron chi connectivity index (χ1n) is 7.25. The minimum atomic E-state index is -0.0821. The van der Waals surface area contributed by atoms with Crippen LogP contribution in [0.1, 0.15) is 16.8 Å². The second-order valence-corrected chi connectivity index (χ2v) is 5.61. The second kappa shape index (κ2) is 9.31. The Morgan fingerprint density at radius 2 is 1.81 bits per heavy atom. The van der Waals surface area contributed by atoms with E-state index < -0.39 is 0 Å². The normalized spacial score (nSPS) is 11.0. The highest BCUT2D eigenvalue weighted by Crippen LogP contribution is 2.08.